The Morgan fingerprint density at radius 3 is 2.67 bits per heavy atom. The topological polar surface area (TPSA) is 100 Å². The highest BCUT2D eigenvalue weighted by Gasteiger charge is 2.19. The summed E-state index contributed by atoms with van der Waals surface area (Å²) in [7, 11) is 0. The van der Waals surface area contributed by atoms with Crippen LogP contribution in [-0.4, -0.2) is 32.8 Å². The fraction of sp³-hybridized carbons (Fsp3) is 0.143. The molecular weight excluding hydrogens is 279 g/mol. The summed E-state index contributed by atoms with van der Waals surface area (Å²) in [5.41, 5.74) is 1.24. The van der Waals surface area contributed by atoms with Crippen molar-refractivity contribution in [2.24, 2.45) is 0 Å². The van der Waals surface area contributed by atoms with Crippen LogP contribution in [0.4, 0.5) is 4.39 Å². The van der Waals surface area contributed by atoms with Gasteiger partial charge in [0.05, 0.1) is 6.42 Å². The van der Waals surface area contributed by atoms with Crippen LogP contribution in [-0.2, 0) is 16.0 Å². The van der Waals surface area contributed by atoms with Gasteiger partial charge in [-0.25, -0.2) is 9.18 Å². The van der Waals surface area contributed by atoms with E-state index in [1.807, 2.05) is 0 Å². The predicted molar refractivity (Wildman–Crippen MR) is 69.4 cm³/mol. The molecule has 21 heavy (non-hydrogen) atoms. The van der Waals surface area contributed by atoms with Crippen LogP contribution in [0.1, 0.15) is 28.2 Å². The van der Waals surface area contributed by atoms with Crippen LogP contribution in [0.5, 0.6) is 0 Å². The third kappa shape index (κ3) is 3.82. The number of benzene rings is 1. The first-order chi connectivity index (χ1) is 9.95. The zero-order chi connectivity index (χ0) is 15.4. The van der Waals surface area contributed by atoms with Gasteiger partial charge in [0.15, 0.2) is 5.78 Å². The van der Waals surface area contributed by atoms with Crippen LogP contribution in [0.3, 0.4) is 0 Å². The zero-order valence-corrected chi connectivity index (χ0v) is 10.8. The zero-order valence-electron chi connectivity index (χ0n) is 10.8. The monoisotopic (exact) mass is 290 g/mol. The first kappa shape index (κ1) is 14.6. The van der Waals surface area contributed by atoms with E-state index in [1.54, 1.807) is 12.1 Å². The molecule has 0 spiro atoms. The van der Waals surface area contributed by atoms with Crippen LogP contribution >= 0.6 is 0 Å². The van der Waals surface area contributed by atoms with Crippen LogP contribution < -0.4 is 0 Å². The van der Waals surface area contributed by atoms with Crippen molar-refractivity contribution in [1.82, 2.24) is 10.2 Å². The molecule has 0 aliphatic carbocycles. The minimum absolute atomic E-state index is 0.0176. The maximum atomic E-state index is 13.0. The maximum Gasteiger partial charge on any atom is 0.372 e. The number of carboxylic acid groups (broad SMARTS) is 1. The minimum Gasteiger partial charge on any atom is -0.475 e. The summed E-state index contributed by atoms with van der Waals surface area (Å²) in [5, 5.41) is 14.8. The number of Topliss-reactive ketones (excluding diaryl/α,β-unsaturated/α-hetero) is 2. The lowest BCUT2D eigenvalue weighted by molar-refractivity contribution is -0.148. The molecule has 0 saturated heterocycles. The molecule has 1 aromatic carbocycles. The number of rotatable bonds is 6. The highest BCUT2D eigenvalue weighted by atomic mass is 19.1. The maximum absolute atomic E-state index is 13.0. The molecule has 1 aromatic heterocycles. The second-order valence-electron chi connectivity index (χ2n) is 4.41. The van der Waals surface area contributed by atoms with Gasteiger partial charge < -0.3 is 5.11 Å². The second kappa shape index (κ2) is 6.08. The van der Waals surface area contributed by atoms with E-state index in [9.17, 15) is 18.8 Å². The molecule has 2 rings (SSSR count). The Balaban J connectivity index is 2.06. The number of halogens is 1. The van der Waals surface area contributed by atoms with Crippen LogP contribution in [0, 0.1) is 5.82 Å². The number of carbonyl (C=O) groups excluding carboxylic acids is 2. The summed E-state index contributed by atoms with van der Waals surface area (Å²) in [6.45, 7) is 0. The van der Waals surface area contributed by atoms with Gasteiger partial charge in [0, 0.05) is 12.1 Å². The molecule has 7 heteroatoms. The Morgan fingerprint density at radius 1 is 1.24 bits per heavy atom. The molecule has 108 valence electrons. The number of aliphatic carboxylic acids is 1. The molecule has 1 heterocycles. The molecule has 0 atom stereocenters. The molecule has 0 aliphatic rings. The lowest BCUT2D eigenvalue weighted by atomic mass is 10.1. The van der Waals surface area contributed by atoms with Gasteiger partial charge in [0.2, 0.25) is 5.78 Å². The van der Waals surface area contributed by atoms with Crippen LogP contribution in [0.25, 0.3) is 0 Å². The largest absolute Gasteiger partial charge is 0.475 e. The van der Waals surface area contributed by atoms with E-state index in [2.05, 4.69) is 10.2 Å². The molecule has 2 N–H and O–H groups in total. The molecule has 0 aliphatic heterocycles. The smallest absolute Gasteiger partial charge is 0.372 e. The van der Waals surface area contributed by atoms with E-state index in [-0.39, 0.29) is 11.5 Å². The van der Waals surface area contributed by atoms with Gasteiger partial charge in [-0.2, -0.15) is 5.10 Å². The van der Waals surface area contributed by atoms with E-state index in [1.165, 1.54) is 18.2 Å². The summed E-state index contributed by atoms with van der Waals surface area (Å²) in [4.78, 5) is 33.0. The van der Waals surface area contributed by atoms with Gasteiger partial charge in [-0.3, -0.25) is 14.7 Å². The Morgan fingerprint density at radius 2 is 2.00 bits per heavy atom. The molecule has 0 radical (unpaired) electrons. The standard InChI is InChI=1S/C14H11FN2O4/c15-9-3-1-2-8(4-9)5-10-6-11(17-16-10)12(18)7-13(19)14(20)21/h1-4,6H,5,7H2,(H,16,17)(H,20,21). The Labute approximate surface area is 118 Å². The number of H-pyrrole nitrogens is 1. The number of nitrogens with zero attached hydrogens (tertiary/aromatic N) is 1. The highest BCUT2D eigenvalue weighted by Crippen LogP contribution is 2.11. The summed E-state index contributed by atoms with van der Waals surface area (Å²) in [5.74, 6) is -3.88. The summed E-state index contributed by atoms with van der Waals surface area (Å²) in [6, 6.07) is 7.39. The van der Waals surface area contributed by atoms with Crippen molar-refractivity contribution in [3.63, 3.8) is 0 Å². The molecule has 0 amide bonds. The lowest BCUT2D eigenvalue weighted by Crippen LogP contribution is -2.17. The molecule has 0 saturated carbocycles. The van der Waals surface area contributed by atoms with Gasteiger partial charge in [0.25, 0.3) is 0 Å². The normalized spacial score (nSPS) is 10.3. The van der Waals surface area contributed by atoms with E-state index in [0.717, 1.165) is 0 Å². The molecule has 6 nitrogen and oxygen atoms in total. The van der Waals surface area contributed by atoms with Crippen molar-refractivity contribution in [2.45, 2.75) is 12.8 Å². The minimum atomic E-state index is -1.65. The van der Waals surface area contributed by atoms with E-state index >= 15 is 0 Å². The Hall–Kier alpha value is -2.83. The van der Waals surface area contributed by atoms with Crippen molar-refractivity contribution in [3.8, 4) is 0 Å². The Kier molecular flexibility index (Phi) is 4.22. The number of aromatic amines is 1. The number of carbonyl (C=O) groups is 3. The number of carboxylic acids is 1. The van der Waals surface area contributed by atoms with Gasteiger partial charge in [-0.1, -0.05) is 12.1 Å². The lowest BCUT2D eigenvalue weighted by Gasteiger charge is -1.98. The average Bonchev–Trinajstić information content (AvgIpc) is 2.87. The van der Waals surface area contributed by atoms with Gasteiger partial charge in [-0.15, -0.1) is 0 Å². The number of hydrogen-bond donors (Lipinski definition) is 2. The first-order valence-electron chi connectivity index (χ1n) is 6.04. The van der Waals surface area contributed by atoms with Crippen molar-refractivity contribution in [1.29, 1.82) is 0 Å². The second-order valence-corrected chi connectivity index (χ2v) is 4.41. The van der Waals surface area contributed by atoms with Crippen LogP contribution in [0.15, 0.2) is 30.3 Å². The van der Waals surface area contributed by atoms with Crippen molar-refractivity contribution in [3.05, 3.63) is 53.1 Å². The van der Waals surface area contributed by atoms with Crippen molar-refractivity contribution in [2.75, 3.05) is 0 Å². The molecule has 2 aromatic rings. The quantitative estimate of drug-likeness (QED) is 0.475. The molecule has 0 unspecified atom stereocenters. The number of aromatic nitrogens is 2. The van der Waals surface area contributed by atoms with Crippen molar-refractivity contribution < 1.29 is 23.9 Å². The molecular formula is C14H11FN2O4. The predicted octanol–water partition coefficient (Wildman–Crippen LogP) is 1.37. The van der Waals surface area contributed by atoms with Crippen molar-refractivity contribution >= 4 is 17.5 Å². The van der Waals surface area contributed by atoms with Gasteiger partial charge >= 0.3 is 5.97 Å². The van der Waals surface area contributed by atoms with Crippen LogP contribution in [0.2, 0.25) is 0 Å². The Bertz CT molecular complexity index is 709. The molecule has 0 bridgehead atoms. The summed E-state index contributed by atoms with van der Waals surface area (Å²) in [6.07, 6.45) is -0.398. The van der Waals surface area contributed by atoms with E-state index < -0.39 is 24.0 Å². The summed E-state index contributed by atoms with van der Waals surface area (Å²) >= 11 is 0. The average molecular weight is 290 g/mol. The fourth-order valence-corrected chi connectivity index (χ4v) is 1.77. The summed E-state index contributed by atoms with van der Waals surface area (Å²) < 4.78 is 13.0. The van der Waals surface area contributed by atoms with E-state index in [4.69, 9.17) is 5.11 Å². The number of ketones is 2. The SMILES string of the molecule is O=C(O)C(=O)CC(=O)c1cc(Cc2cccc(F)c2)[nH]n1. The third-order valence-electron chi connectivity index (χ3n) is 2.76. The number of hydrogen-bond acceptors (Lipinski definition) is 4. The fourth-order valence-electron chi connectivity index (χ4n) is 1.77. The highest BCUT2D eigenvalue weighted by molar-refractivity contribution is 6.37. The van der Waals surface area contributed by atoms with Gasteiger partial charge in [-0.05, 0) is 23.8 Å². The van der Waals surface area contributed by atoms with E-state index in [0.29, 0.717) is 17.7 Å². The van der Waals surface area contributed by atoms with Gasteiger partial charge in [0.1, 0.15) is 11.5 Å². The third-order valence-corrected chi connectivity index (χ3v) is 2.76. The first-order valence-corrected chi connectivity index (χ1v) is 6.04. The molecule has 0 fully saturated rings. The number of nitrogens with one attached hydrogen (secondary N) is 1.